The van der Waals surface area contributed by atoms with Crippen LogP contribution in [0.3, 0.4) is 0 Å². The van der Waals surface area contributed by atoms with E-state index in [1.54, 1.807) is 31.2 Å². The molecule has 1 N–H and O–H groups in total. The lowest BCUT2D eigenvalue weighted by Crippen LogP contribution is -2.00. The Bertz CT molecular complexity index is 623. The Morgan fingerprint density at radius 3 is 2.61 bits per heavy atom. The standard InChI is InChI=1S/C14H10ClFO2/c1-8-12(9-3-2-4-11(15)5-9)6-10(14(17)18)7-13(8)16/h2-7H,1H3,(H,17,18). The summed E-state index contributed by atoms with van der Waals surface area (Å²) < 4.78 is 13.7. The van der Waals surface area contributed by atoms with Crippen LogP contribution in [0.4, 0.5) is 4.39 Å². The van der Waals surface area contributed by atoms with E-state index in [4.69, 9.17) is 16.7 Å². The molecule has 2 aromatic carbocycles. The van der Waals surface area contributed by atoms with Crippen molar-refractivity contribution in [2.24, 2.45) is 0 Å². The zero-order chi connectivity index (χ0) is 13.3. The van der Waals surface area contributed by atoms with Gasteiger partial charge in [0.05, 0.1) is 5.56 Å². The average Bonchev–Trinajstić information content (AvgIpc) is 2.32. The Labute approximate surface area is 109 Å². The summed E-state index contributed by atoms with van der Waals surface area (Å²) in [5.74, 6) is -1.69. The fourth-order valence-electron chi connectivity index (χ4n) is 1.76. The third kappa shape index (κ3) is 2.36. The van der Waals surface area contributed by atoms with E-state index in [1.807, 2.05) is 0 Å². The number of hydrogen-bond acceptors (Lipinski definition) is 1. The van der Waals surface area contributed by atoms with E-state index in [1.165, 1.54) is 6.07 Å². The van der Waals surface area contributed by atoms with Crippen molar-refractivity contribution in [2.45, 2.75) is 6.92 Å². The van der Waals surface area contributed by atoms with Crippen LogP contribution in [0.5, 0.6) is 0 Å². The molecule has 2 rings (SSSR count). The van der Waals surface area contributed by atoms with Gasteiger partial charge in [0.15, 0.2) is 0 Å². The molecule has 0 aliphatic carbocycles. The first kappa shape index (κ1) is 12.6. The Hall–Kier alpha value is -1.87. The highest BCUT2D eigenvalue weighted by Gasteiger charge is 2.12. The summed E-state index contributed by atoms with van der Waals surface area (Å²) in [4.78, 5) is 10.9. The molecule has 0 saturated heterocycles. The van der Waals surface area contributed by atoms with Crippen LogP contribution in [-0.2, 0) is 0 Å². The predicted molar refractivity (Wildman–Crippen MR) is 68.5 cm³/mol. The van der Waals surface area contributed by atoms with Crippen molar-refractivity contribution in [2.75, 3.05) is 0 Å². The first-order valence-corrected chi connectivity index (χ1v) is 5.66. The maximum Gasteiger partial charge on any atom is 0.335 e. The van der Waals surface area contributed by atoms with Crippen LogP contribution in [0.25, 0.3) is 11.1 Å². The van der Waals surface area contributed by atoms with Gasteiger partial charge in [0.2, 0.25) is 0 Å². The minimum atomic E-state index is -1.16. The number of hydrogen-bond donors (Lipinski definition) is 1. The normalized spacial score (nSPS) is 10.4. The average molecular weight is 265 g/mol. The highest BCUT2D eigenvalue weighted by molar-refractivity contribution is 6.30. The van der Waals surface area contributed by atoms with E-state index < -0.39 is 11.8 Å². The van der Waals surface area contributed by atoms with E-state index in [9.17, 15) is 9.18 Å². The third-order valence-corrected chi connectivity index (χ3v) is 2.96. The summed E-state index contributed by atoms with van der Waals surface area (Å²) in [6.45, 7) is 1.61. The van der Waals surface area contributed by atoms with Gasteiger partial charge in [0.25, 0.3) is 0 Å². The monoisotopic (exact) mass is 264 g/mol. The Kier molecular flexibility index (Phi) is 3.34. The van der Waals surface area contributed by atoms with Crippen molar-refractivity contribution >= 4 is 17.6 Å². The summed E-state index contributed by atoms with van der Waals surface area (Å²) in [7, 11) is 0. The van der Waals surface area contributed by atoms with Gasteiger partial charge in [-0.05, 0) is 47.9 Å². The highest BCUT2D eigenvalue weighted by atomic mass is 35.5. The van der Waals surface area contributed by atoms with E-state index in [-0.39, 0.29) is 5.56 Å². The van der Waals surface area contributed by atoms with Gasteiger partial charge in [-0.25, -0.2) is 9.18 Å². The van der Waals surface area contributed by atoms with Gasteiger partial charge in [-0.2, -0.15) is 0 Å². The zero-order valence-corrected chi connectivity index (χ0v) is 10.3. The molecule has 0 amide bonds. The van der Waals surface area contributed by atoms with Crippen LogP contribution < -0.4 is 0 Å². The van der Waals surface area contributed by atoms with E-state index >= 15 is 0 Å². The minimum Gasteiger partial charge on any atom is -0.478 e. The fraction of sp³-hybridized carbons (Fsp3) is 0.0714. The maximum absolute atomic E-state index is 13.7. The van der Waals surface area contributed by atoms with Crippen LogP contribution >= 0.6 is 11.6 Å². The molecule has 0 radical (unpaired) electrons. The molecule has 0 aromatic heterocycles. The third-order valence-electron chi connectivity index (χ3n) is 2.73. The lowest BCUT2D eigenvalue weighted by Gasteiger charge is -2.09. The second kappa shape index (κ2) is 4.78. The van der Waals surface area contributed by atoms with Gasteiger partial charge >= 0.3 is 5.97 Å². The van der Waals surface area contributed by atoms with Crippen molar-refractivity contribution in [1.82, 2.24) is 0 Å². The van der Waals surface area contributed by atoms with Crippen molar-refractivity contribution in [1.29, 1.82) is 0 Å². The Morgan fingerprint density at radius 1 is 1.28 bits per heavy atom. The molecule has 0 aliphatic rings. The van der Waals surface area contributed by atoms with Gasteiger partial charge in [0, 0.05) is 5.02 Å². The zero-order valence-electron chi connectivity index (χ0n) is 9.58. The molecule has 0 atom stereocenters. The molecular formula is C14H10ClFO2. The fourth-order valence-corrected chi connectivity index (χ4v) is 1.95. The number of carbonyl (C=O) groups is 1. The van der Waals surface area contributed by atoms with E-state index in [2.05, 4.69) is 0 Å². The molecule has 0 bridgehead atoms. The summed E-state index contributed by atoms with van der Waals surface area (Å²) in [6.07, 6.45) is 0. The molecule has 4 heteroatoms. The van der Waals surface area contributed by atoms with Gasteiger partial charge in [-0.15, -0.1) is 0 Å². The van der Waals surface area contributed by atoms with Gasteiger partial charge in [-0.1, -0.05) is 23.7 Å². The second-order valence-corrected chi connectivity index (χ2v) is 4.38. The molecule has 2 aromatic rings. The second-order valence-electron chi connectivity index (χ2n) is 3.95. The van der Waals surface area contributed by atoms with Gasteiger partial charge in [0.1, 0.15) is 5.82 Å². The molecule has 2 nitrogen and oxygen atoms in total. The number of carboxylic acid groups (broad SMARTS) is 1. The quantitative estimate of drug-likeness (QED) is 0.885. The lowest BCUT2D eigenvalue weighted by atomic mass is 9.97. The SMILES string of the molecule is Cc1c(F)cc(C(=O)O)cc1-c1cccc(Cl)c1. The number of aromatic carboxylic acids is 1. The lowest BCUT2D eigenvalue weighted by molar-refractivity contribution is 0.0696. The number of benzene rings is 2. The van der Waals surface area contributed by atoms with Crippen molar-refractivity contribution in [3.05, 3.63) is 58.4 Å². The highest BCUT2D eigenvalue weighted by Crippen LogP contribution is 2.28. The number of halogens is 2. The summed E-state index contributed by atoms with van der Waals surface area (Å²) in [5.41, 5.74) is 1.56. The minimum absolute atomic E-state index is 0.0759. The molecule has 18 heavy (non-hydrogen) atoms. The number of rotatable bonds is 2. The van der Waals surface area contributed by atoms with Crippen molar-refractivity contribution in [3.8, 4) is 11.1 Å². The summed E-state index contributed by atoms with van der Waals surface area (Å²) >= 11 is 5.88. The molecule has 0 heterocycles. The van der Waals surface area contributed by atoms with E-state index in [0.717, 1.165) is 6.07 Å². The molecule has 0 spiro atoms. The summed E-state index contributed by atoms with van der Waals surface area (Å²) in [5, 5.41) is 9.45. The topological polar surface area (TPSA) is 37.3 Å². The molecule has 0 saturated carbocycles. The molecular weight excluding hydrogens is 255 g/mol. The predicted octanol–water partition coefficient (Wildman–Crippen LogP) is 4.15. The van der Waals surface area contributed by atoms with Crippen LogP contribution in [0.15, 0.2) is 36.4 Å². The summed E-state index contributed by atoms with van der Waals surface area (Å²) in [6, 6.07) is 9.35. The first-order chi connectivity index (χ1) is 8.49. The van der Waals surface area contributed by atoms with Crippen LogP contribution in [0, 0.1) is 12.7 Å². The smallest absolute Gasteiger partial charge is 0.335 e. The van der Waals surface area contributed by atoms with Crippen LogP contribution in [0.2, 0.25) is 5.02 Å². The maximum atomic E-state index is 13.7. The van der Waals surface area contributed by atoms with Gasteiger partial charge in [-0.3, -0.25) is 0 Å². The Balaban J connectivity index is 2.66. The molecule has 0 aliphatic heterocycles. The Morgan fingerprint density at radius 2 is 2.00 bits per heavy atom. The van der Waals surface area contributed by atoms with E-state index in [0.29, 0.717) is 21.7 Å². The largest absolute Gasteiger partial charge is 0.478 e. The number of carboxylic acids is 1. The molecule has 0 unspecified atom stereocenters. The first-order valence-electron chi connectivity index (χ1n) is 5.28. The van der Waals surface area contributed by atoms with Gasteiger partial charge < -0.3 is 5.11 Å². The molecule has 0 fully saturated rings. The van der Waals surface area contributed by atoms with Crippen LogP contribution in [0.1, 0.15) is 15.9 Å². The van der Waals surface area contributed by atoms with Crippen LogP contribution in [-0.4, -0.2) is 11.1 Å². The van der Waals surface area contributed by atoms with Crippen molar-refractivity contribution < 1.29 is 14.3 Å². The van der Waals surface area contributed by atoms with Crippen molar-refractivity contribution in [3.63, 3.8) is 0 Å². The molecule has 92 valence electrons.